The Bertz CT molecular complexity index is 848. The maximum absolute atomic E-state index is 11.8. The third-order valence-corrected chi connectivity index (χ3v) is 3.29. The summed E-state index contributed by atoms with van der Waals surface area (Å²) in [6.07, 6.45) is 2.57. The number of carboxylic acid groups (broad SMARTS) is 1. The fourth-order valence-corrected chi connectivity index (χ4v) is 2.05. The van der Waals surface area contributed by atoms with Crippen molar-refractivity contribution in [3.63, 3.8) is 0 Å². The van der Waals surface area contributed by atoms with Gasteiger partial charge in [0.25, 0.3) is 5.69 Å². The number of carboxylic acids is 1. The molecule has 0 aromatic heterocycles. The second-order valence-electron chi connectivity index (χ2n) is 4.68. The molecule has 2 aromatic rings. The Morgan fingerprint density at radius 2 is 1.96 bits per heavy atom. The summed E-state index contributed by atoms with van der Waals surface area (Å²) in [6.45, 7) is 0. The maximum atomic E-state index is 11.8. The smallest absolute Gasteiger partial charge is 0.335 e. The number of nitro benzene ring substituents is 1. The molecule has 0 saturated heterocycles. The van der Waals surface area contributed by atoms with Crippen LogP contribution in [0.3, 0.4) is 0 Å². The minimum Gasteiger partial charge on any atom is -0.478 e. The SMILES string of the molecule is O=C(/C=C/c1ccc(Cl)c([N+](=O)[O-])c1)Nc1cccc(C(=O)O)c1. The maximum Gasteiger partial charge on any atom is 0.335 e. The Morgan fingerprint density at radius 3 is 2.62 bits per heavy atom. The number of aromatic carboxylic acids is 1. The molecule has 0 radical (unpaired) electrons. The number of nitro groups is 1. The molecule has 0 aliphatic carbocycles. The molecular weight excluding hydrogens is 336 g/mol. The number of anilines is 1. The molecule has 0 saturated carbocycles. The number of carbonyl (C=O) groups excluding carboxylic acids is 1. The third kappa shape index (κ3) is 4.40. The van der Waals surface area contributed by atoms with E-state index in [9.17, 15) is 19.7 Å². The Labute approximate surface area is 141 Å². The van der Waals surface area contributed by atoms with Gasteiger partial charge in [0, 0.05) is 17.8 Å². The molecule has 2 rings (SSSR count). The second kappa shape index (κ2) is 7.38. The first-order chi connectivity index (χ1) is 11.4. The van der Waals surface area contributed by atoms with Crippen LogP contribution in [0.1, 0.15) is 15.9 Å². The summed E-state index contributed by atoms with van der Waals surface area (Å²) in [4.78, 5) is 32.9. The van der Waals surface area contributed by atoms with Crippen LogP contribution in [0.4, 0.5) is 11.4 Å². The zero-order valence-corrected chi connectivity index (χ0v) is 12.9. The van der Waals surface area contributed by atoms with Gasteiger partial charge in [-0.25, -0.2) is 4.79 Å². The first-order valence-corrected chi connectivity index (χ1v) is 7.01. The van der Waals surface area contributed by atoms with Gasteiger partial charge < -0.3 is 10.4 Å². The Balaban J connectivity index is 2.11. The Hall–Kier alpha value is -3.19. The fraction of sp³-hybridized carbons (Fsp3) is 0. The molecule has 0 heterocycles. The molecule has 122 valence electrons. The molecule has 0 atom stereocenters. The van der Waals surface area contributed by atoms with Crippen molar-refractivity contribution >= 4 is 40.9 Å². The number of hydrogen-bond acceptors (Lipinski definition) is 4. The molecule has 24 heavy (non-hydrogen) atoms. The third-order valence-electron chi connectivity index (χ3n) is 2.97. The van der Waals surface area contributed by atoms with Crippen molar-refractivity contribution in [3.05, 3.63) is 74.8 Å². The number of rotatable bonds is 5. The van der Waals surface area contributed by atoms with E-state index in [4.69, 9.17) is 16.7 Å². The summed E-state index contributed by atoms with van der Waals surface area (Å²) in [5.41, 5.74) is 0.547. The first kappa shape index (κ1) is 17.2. The average molecular weight is 347 g/mol. The number of halogens is 1. The van der Waals surface area contributed by atoms with E-state index in [1.165, 1.54) is 48.6 Å². The molecule has 1 amide bonds. The molecule has 0 spiro atoms. The van der Waals surface area contributed by atoms with E-state index in [0.717, 1.165) is 0 Å². The van der Waals surface area contributed by atoms with Gasteiger partial charge in [0.1, 0.15) is 5.02 Å². The van der Waals surface area contributed by atoms with Crippen LogP contribution in [0.5, 0.6) is 0 Å². The summed E-state index contributed by atoms with van der Waals surface area (Å²) in [7, 11) is 0. The highest BCUT2D eigenvalue weighted by atomic mass is 35.5. The van der Waals surface area contributed by atoms with Crippen molar-refractivity contribution in [3.8, 4) is 0 Å². The van der Waals surface area contributed by atoms with Crippen LogP contribution >= 0.6 is 11.6 Å². The van der Waals surface area contributed by atoms with E-state index in [1.807, 2.05) is 0 Å². The van der Waals surface area contributed by atoms with Crippen molar-refractivity contribution in [2.24, 2.45) is 0 Å². The van der Waals surface area contributed by atoms with E-state index in [2.05, 4.69) is 5.32 Å². The lowest BCUT2D eigenvalue weighted by molar-refractivity contribution is -0.384. The Morgan fingerprint density at radius 1 is 1.21 bits per heavy atom. The van der Waals surface area contributed by atoms with Crippen molar-refractivity contribution in [2.75, 3.05) is 5.32 Å². The number of nitrogens with one attached hydrogen (secondary N) is 1. The number of nitrogens with zero attached hydrogens (tertiary/aromatic N) is 1. The normalized spacial score (nSPS) is 10.5. The minimum absolute atomic E-state index is 0.00656. The van der Waals surface area contributed by atoms with Crippen molar-refractivity contribution in [2.45, 2.75) is 0 Å². The lowest BCUT2D eigenvalue weighted by atomic mass is 10.2. The highest BCUT2D eigenvalue weighted by molar-refractivity contribution is 6.32. The first-order valence-electron chi connectivity index (χ1n) is 6.63. The van der Waals surface area contributed by atoms with Crippen LogP contribution in [0.2, 0.25) is 5.02 Å². The van der Waals surface area contributed by atoms with Gasteiger partial charge in [-0.15, -0.1) is 0 Å². The summed E-state index contributed by atoms with van der Waals surface area (Å²) < 4.78 is 0. The monoisotopic (exact) mass is 346 g/mol. The topological polar surface area (TPSA) is 110 Å². The predicted molar refractivity (Wildman–Crippen MR) is 89.2 cm³/mol. The van der Waals surface area contributed by atoms with Crippen LogP contribution in [0, 0.1) is 10.1 Å². The van der Waals surface area contributed by atoms with E-state index >= 15 is 0 Å². The van der Waals surface area contributed by atoms with Gasteiger partial charge in [0.15, 0.2) is 0 Å². The fourth-order valence-electron chi connectivity index (χ4n) is 1.86. The Kier molecular flexibility index (Phi) is 5.28. The van der Waals surface area contributed by atoms with Crippen LogP contribution in [0.25, 0.3) is 6.08 Å². The van der Waals surface area contributed by atoms with Gasteiger partial charge in [-0.2, -0.15) is 0 Å². The van der Waals surface area contributed by atoms with E-state index in [1.54, 1.807) is 6.07 Å². The van der Waals surface area contributed by atoms with Crippen molar-refractivity contribution < 1.29 is 19.6 Å². The number of amides is 1. The van der Waals surface area contributed by atoms with Crippen LogP contribution in [0.15, 0.2) is 48.5 Å². The van der Waals surface area contributed by atoms with Gasteiger partial charge in [0.2, 0.25) is 5.91 Å². The highest BCUT2D eigenvalue weighted by Gasteiger charge is 2.11. The predicted octanol–water partition coefficient (Wildman–Crippen LogP) is 3.60. The summed E-state index contributed by atoms with van der Waals surface area (Å²) in [6, 6.07) is 9.92. The molecule has 2 N–H and O–H groups in total. The minimum atomic E-state index is -1.10. The quantitative estimate of drug-likeness (QED) is 0.488. The highest BCUT2D eigenvalue weighted by Crippen LogP contribution is 2.25. The molecule has 2 aromatic carbocycles. The molecule has 0 fully saturated rings. The van der Waals surface area contributed by atoms with Crippen molar-refractivity contribution in [1.29, 1.82) is 0 Å². The number of benzene rings is 2. The van der Waals surface area contributed by atoms with E-state index in [0.29, 0.717) is 11.3 Å². The lowest BCUT2D eigenvalue weighted by Crippen LogP contribution is -2.08. The molecule has 0 unspecified atom stereocenters. The van der Waals surface area contributed by atoms with Crippen LogP contribution < -0.4 is 5.32 Å². The molecule has 0 aliphatic rings. The lowest BCUT2D eigenvalue weighted by Gasteiger charge is -2.03. The van der Waals surface area contributed by atoms with Crippen LogP contribution in [-0.4, -0.2) is 21.9 Å². The molecule has 0 aliphatic heterocycles. The van der Waals surface area contributed by atoms with Gasteiger partial charge in [-0.1, -0.05) is 23.7 Å². The van der Waals surface area contributed by atoms with Gasteiger partial charge in [0.05, 0.1) is 10.5 Å². The molecular formula is C16H11ClN2O5. The zero-order chi connectivity index (χ0) is 17.7. The standard InChI is InChI=1S/C16H11ClN2O5/c17-13-6-4-10(8-14(13)19(23)24)5-7-15(20)18-12-3-1-2-11(9-12)16(21)22/h1-9H,(H,18,20)(H,21,22)/b7-5+. The van der Waals surface area contributed by atoms with Crippen molar-refractivity contribution in [1.82, 2.24) is 0 Å². The molecule has 8 heteroatoms. The van der Waals surface area contributed by atoms with E-state index in [-0.39, 0.29) is 16.3 Å². The molecule has 0 bridgehead atoms. The summed E-state index contributed by atoms with van der Waals surface area (Å²) in [5.74, 6) is -1.61. The summed E-state index contributed by atoms with van der Waals surface area (Å²) >= 11 is 5.71. The average Bonchev–Trinajstić information content (AvgIpc) is 2.54. The van der Waals surface area contributed by atoms with Gasteiger partial charge >= 0.3 is 5.97 Å². The second-order valence-corrected chi connectivity index (χ2v) is 5.08. The van der Waals surface area contributed by atoms with Gasteiger partial charge in [-0.3, -0.25) is 14.9 Å². The van der Waals surface area contributed by atoms with E-state index < -0.39 is 16.8 Å². The van der Waals surface area contributed by atoms with Crippen LogP contribution in [-0.2, 0) is 4.79 Å². The zero-order valence-electron chi connectivity index (χ0n) is 12.1. The van der Waals surface area contributed by atoms with Gasteiger partial charge in [-0.05, 0) is 35.9 Å². The molecule has 7 nitrogen and oxygen atoms in total. The summed E-state index contributed by atoms with van der Waals surface area (Å²) in [5, 5.41) is 22.2. The number of hydrogen-bond donors (Lipinski definition) is 2. The largest absolute Gasteiger partial charge is 0.478 e. The number of carbonyl (C=O) groups is 2.